The fourth-order valence-electron chi connectivity index (χ4n) is 3.05. The number of imidazole rings is 1. The highest BCUT2D eigenvalue weighted by Crippen LogP contribution is 2.36. The molecule has 14 heteroatoms. The highest BCUT2D eigenvalue weighted by Gasteiger charge is 2.33. The number of carbonyl (C=O) groups excluding carboxylic acids is 2. The second-order valence-corrected chi connectivity index (χ2v) is 8.62. The number of nitrogens with one attached hydrogen (secondary N) is 2. The summed E-state index contributed by atoms with van der Waals surface area (Å²) in [5.74, 6) is -1.07. The molecule has 176 valence electrons. The quantitative estimate of drug-likeness (QED) is 0.416. The van der Waals surface area contributed by atoms with Crippen LogP contribution in [0.5, 0.6) is 0 Å². The van der Waals surface area contributed by atoms with Crippen molar-refractivity contribution in [2.24, 2.45) is 7.05 Å². The molecule has 3 aromatic heterocycles. The molecule has 0 bridgehead atoms. The normalized spacial score (nSPS) is 12.5. The van der Waals surface area contributed by atoms with Crippen LogP contribution in [0, 0.1) is 0 Å². The van der Waals surface area contributed by atoms with Crippen LogP contribution in [-0.2, 0) is 13.2 Å². The second-order valence-electron chi connectivity index (χ2n) is 7.15. The second kappa shape index (κ2) is 8.99. The molecule has 0 aliphatic rings. The summed E-state index contributed by atoms with van der Waals surface area (Å²) in [5.41, 5.74) is 0.0607. The van der Waals surface area contributed by atoms with Gasteiger partial charge in [-0.15, -0.1) is 11.3 Å². The van der Waals surface area contributed by atoms with E-state index in [2.05, 4.69) is 30.6 Å². The van der Waals surface area contributed by atoms with Crippen molar-refractivity contribution in [3.63, 3.8) is 0 Å². The summed E-state index contributed by atoms with van der Waals surface area (Å²) in [7, 11) is 1.74. The Kier molecular flexibility index (Phi) is 6.23. The van der Waals surface area contributed by atoms with Gasteiger partial charge in [0.05, 0.1) is 29.2 Å². The number of amides is 2. The number of alkyl halides is 3. The zero-order valence-electron chi connectivity index (χ0n) is 17.5. The molecule has 4 aromatic rings. The van der Waals surface area contributed by atoms with Crippen molar-refractivity contribution in [3.05, 3.63) is 63.2 Å². The van der Waals surface area contributed by atoms with Gasteiger partial charge in [-0.25, -0.2) is 19.9 Å². The number of halogens is 4. The Bertz CT molecular complexity index is 1400. The Morgan fingerprint density at radius 2 is 1.91 bits per heavy atom. The third-order valence-electron chi connectivity index (χ3n) is 4.71. The number of rotatable bonds is 5. The average molecular weight is 510 g/mol. The number of carbonyl (C=O) groups is 2. The molecule has 1 atom stereocenters. The Labute approximate surface area is 199 Å². The SMILES string of the molecule is CC(NC(=O)c1ncnc2c1ncn2C)c1ncc(C(=O)Nc2ccc(C(F)(F)F)c(Cl)c2)s1. The number of benzene rings is 1. The fourth-order valence-corrected chi connectivity index (χ4v) is 4.15. The van der Waals surface area contributed by atoms with Crippen molar-refractivity contribution in [3.8, 4) is 0 Å². The van der Waals surface area contributed by atoms with Crippen LogP contribution in [0.3, 0.4) is 0 Å². The van der Waals surface area contributed by atoms with E-state index < -0.39 is 34.6 Å². The van der Waals surface area contributed by atoms with Crippen LogP contribution in [0.15, 0.2) is 37.1 Å². The Morgan fingerprint density at radius 3 is 2.62 bits per heavy atom. The summed E-state index contributed by atoms with van der Waals surface area (Å²) in [4.78, 5) is 41.9. The smallest absolute Gasteiger partial charge is 0.342 e. The number of aryl methyl sites for hydroxylation is 1. The fraction of sp³-hybridized carbons (Fsp3) is 0.200. The van der Waals surface area contributed by atoms with Crippen molar-refractivity contribution >= 4 is 51.6 Å². The minimum atomic E-state index is -4.60. The Hall–Kier alpha value is -3.58. The first-order valence-electron chi connectivity index (χ1n) is 9.61. The van der Waals surface area contributed by atoms with Crippen LogP contribution in [0.1, 0.15) is 43.7 Å². The molecule has 0 aliphatic carbocycles. The minimum absolute atomic E-state index is 0.0995. The zero-order chi connectivity index (χ0) is 24.6. The lowest BCUT2D eigenvalue weighted by Crippen LogP contribution is -2.27. The molecule has 0 radical (unpaired) electrons. The van der Waals surface area contributed by atoms with E-state index in [9.17, 15) is 22.8 Å². The van der Waals surface area contributed by atoms with E-state index in [-0.39, 0.29) is 16.3 Å². The number of nitrogens with zero attached hydrogens (tertiary/aromatic N) is 5. The van der Waals surface area contributed by atoms with E-state index in [1.54, 1.807) is 18.5 Å². The molecule has 2 amide bonds. The van der Waals surface area contributed by atoms with E-state index in [1.807, 2.05) is 0 Å². The van der Waals surface area contributed by atoms with Crippen LogP contribution in [0.25, 0.3) is 11.2 Å². The predicted octanol–water partition coefficient (Wildman–Crippen LogP) is 4.24. The van der Waals surface area contributed by atoms with Crippen LogP contribution in [0.4, 0.5) is 18.9 Å². The van der Waals surface area contributed by atoms with Crippen molar-refractivity contribution in [1.29, 1.82) is 0 Å². The zero-order valence-corrected chi connectivity index (χ0v) is 19.1. The Balaban J connectivity index is 1.44. The van der Waals surface area contributed by atoms with Gasteiger partial charge in [-0.1, -0.05) is 11.6 Å². The molecule has 2 N–H and O–H groups in total. The summed E-state index contributed by atoms with van der Waals surface area (Å²) in [6.07, 6.45) is -0.496. The van der Waals surface area contributed by atoms with Gasteiger partial charge >= 0.3 is 6.18 Å². The Morgan fingerprint density at radius 1 is 1.15 bits per heavy atom. The molecule has 0 fully saturated rings. The van der Waals surface area contributed by atoms with E-state index in [0.717, 1.165) is 29.5 Å². The van der Waals surface area contributed by atoms with Crippen LogP contribution >= 0.6 is 22.9 Å². The summed E-state index contributed by atoms with van der Waals surface area (Å²) < 4.78 is 40.2. The van der Waals surface area contributed by atoms with Crippen LogP contribution in [-0.4, -0.2) is 36.3 Å². The van der Waals surface area contributed by atoms with Crippen LogP contribution < -0.4 is 10.6 Å². The van der Waals surface area contributed by atoms with Crippen molar-refractivity contribution < 1.29 is 22.8 Å². The van der Waals surface area contributed by atoms with Gasteiger partial charge in [0.1, 0.15) is 21.7 Å². The molecule has 1 aromatic carbocycles. The molecule has 34 heavy (non-hydrogen) atoms. The van der Waals surface area contributed by atoms with Gasteiger partial charge < -0.3 is 15.2 Å². The molecule has 0 spiro atoms. The van der Waals surface area contributed by atoms with Gasteiger partial charge in [-0.2, -0.15) is 13.2 Å². The number of fused-ring (bicyclic) bond motifs is 1. The third-order valence-corrected chi connectivity index (χ3v) is 6.20. The summed E-state index contributed by atoms with van der Waals surface area (Å²) in [6, 6.07) is 2.36. The maximum atomic E-state index is 12.8. The van der Waals surface area contributed by atoms with Gasteiger partial charge in [-0.05, 0) is 25.1 Å². The van der Waals surface area contributed by atoms with E-state index in [1.165, 1.54) is 18.9 Å². The lowest BCUT2D eigenvalue weighted by molar-refractivity contribution is -0.137. The monoisotopic (exact) mass is 509 g/mol. The van der Waals surface area contributed by atoms with Gasteiger partial charge in [0.25, 0.3) is 11.8 Å². The largest absolute Gasteiger partial charge is 0.417 e. The molecular formula is C20H15ClF3N7O2S. The van der Waals surface area contributed by atoms with E-state index in [4.69, 9.17) is 11.6 Å². The van der Waals surface area contributed by atoms with Crippen molar-refractivity contribution in [2.75, 3.05) is 5.32 Å². The first kappa shape index (κ1) is 23.6. The highest BCUT2D eigenvalue weighted by molar-refractivity contribution is 7.13. The number of aromatic nitrogens is 5. The molecule has 0 aliphatic heterocycles. The molecular weight excluding hydrogens is 495 g/mol. The minimum Gasteiger partial charge on any atom is -0.342 e. The first-order chi connectivity index (χ1) is 16.0. The van der Waals surface area contributed by atoms with Gasteiger partial charge in [0, 0.05) is 12.7 Å². The highest BCUT2D eigenvalue weighted by atomic mass is 35.5. The van der Waals surface area contributed by atoms with Gasteiger partial charge in [0.2, 0.25) is 0 Å². The van der Waals surface area contributed by atoms with Crippen molar-refractivity contribution in [1.82, 2.24) is 29.8 Å². The number of thiazole rings is 1. The average Bonchev–Trinajstić information content (AvgIpc) is 3.40. The molecule has 3 heterocycles. The summed E-state index contributed by atoms with van der Waals surface area (Å²) in [6.45, 7) is 1.69. The van der Waals surface area contributed by atoms with Crippen molar-refractivity contribution in [2.45, 2.75) is 19.1 Å². The van der Waals surface area contributed by atoms with E-state index in [0.29, 0.717) is 16.2 Å². The van der Waals surface area contributed by atoms with E-state index >= 15 is 0 Å². The third kappa shape index (κ3) is 4.70. The summed E-state index contributed by atoms with van der Waals surface area (Å²) in [5, 5.41) is 5.15. The number of anilines is 1. The van der Waals surface area contributed by atoms with Crippen LogP contribution in [0.2, 0.25) is 5.02 Å². The molecule has 0 saturated heterocycles. The standard InChI is InChI=1S/C20H15ClF3N7O2S/c1-9(29-18(33)15-14-16(27-7-26-15)31(2)8-28-14)19-25-6-13(34-19)17(32)30-10-3-4-11(12(21)5-10)20(22,23)24/h3-9H,1-2H3,(H,29,33)(H,30,32). The number of hydrogen-bond acceptors (Lipinski definition) is 7. The molecule has 4 rings (SSSR count). The summed E-state index contributed by atoms with van der Waals surface area (Å²) >= 11 is 6.71. The maximum absolute atomic E-state index is 12.8. The predicted molar refractivity (Wildman–Crippen MR) is 119 cm³/mol. The topological polar surface area (TPSA) is 115 Å². The lowest BCUT2D eigenvalue weighted by atomic mass is 10.2. The molecule has 9 nitrogen and oxygen atoms in total. The van der Waals surface area contributed by atoms with Gasteiger partial charge in [-0.3, -0.25) is 9.59 Å². The molecule has 0 saturated carbocycles. The lowest BCUT2D eigenvalue weighted by Gasteiger charge is -2.11. The maximum Gasteiger partial charge on any atom is 0.417 e. The molecule has 1 unspecified atom stereocenters. The first-order valence-corrected chi connectivity index (χ1v) is 10.8. The van der Waals surface area contributed by atoms with Gasteiger partial charge in [0.15, 0.2) is 11.3 Å². The number of hydrogen-bond donors (Lipinski definition) is 2.